The first-order valence-corrected chi connectivity index (χ1v) is 36.4. The van der Waals surface area contributed by atoms with E-state index >= 15 is 0 Å². The Balaban J connectivity index is 3.36. The highest BCUT2D eigenvalue weighted by atomic mass is 16.5. The first kappa shape index (κ1) is 78.8. The monoisotopic (exact) mass is 1140 g/mol. The zero-order valence-corrected chi connectivity index (χ0v) is 54.5. The maximum Gasteiger partial charge on any atom is 0.305 e. The molecule has 6 nitrogen and oxygen atoms in total. The highest BCUT2D eigenvalue weighted by molar-refractivity contribution is 5.76. The second-order valence-corrected chi connectivity index (χ2v) is 24.9. The van der Waals surface area contributed by atoms with Crippen LogP contribution in [0.15, 0.2) is 48.6 Å². The van der Waals surface area contributed by atoms with Crippen LogP contribution in [0, 0.1) is 0 Å². The normalized spacial score (nSPS) is 12.8. The SMILES string of the molecule is CCCCCC/C=C\C/C=C\CCCCCCCC(=O)OCCCCCCCCCCCCC/C=C\C/C=C\CCCCCCCCCCCCCCCCCCCC(=O)NC(CO)C(O)CCCCCCCCCCCCCCC. The summed E-state index contributed by atoms with van der Waals surface area (Å²) in [6, 6.07) is -0.539. The third-order valence-corrected chi connectivity index (χ3v) is 16.9. The molecule has 0 aliphatic rings. The number of carbonyl (C=O) groups excluding carboxylic acids is 2. The Morgan fingerprint density at radius 2 is 0.617 bits per heavy atom. The van der Waals surface area contributed by atoms with E-state index in [4.69, 9.17) is 4.74 Å². The molecule has 2 unspecified atom stereocenters. The van der Waals surface area contributed by atoms with E-state index in [-0.39, 0.29) is 18.5 Å². The Bertz CT molecular complexity index is 1360. The number of nitrogens with one attached hydrogen (secondary N) is 1. The molecule has 0 bridgehead atoms. The predicted octanol–water partition coefficient (Wildman–Crippen LogP) is 23.6. The van der Waals surface area contributed by atoms with E-state index in [1.54, 1.807) is 0 Å². The summed E-state index contributed by atoms with van der Waals surface area (Å²) in [6.45, 7) is 4.95. The van der Waals surface area contributed by atoms with Crippen LogP contribution >= 0.6 is 0 Å². The lowest BCUT2D eigenvalue weighted by Crippen LogP contribution is -2.45. The van der Waals surface area contributed by atoms with Crippen LogP contribution in [0.3, 0.4) is 0 Å². The smallest absolute Gasteiger partial charge is 0.305 e. The summed E-state index contributed by atoms with van der Waals surface area (Å²) in [6.07, 6.45) is 91.8. The summed E-state index contributed by atoms with van der Waals surface area (Å²) in [5.41, 5.74) is 0. The van der Waals surface area contributed by atoms with Gasteiger partial charge in [-0.2, -0.15) is 0 Å². The van der Waals surface area contributed by atoms with Gasteiger partial charge in [0, 0.05) is 12.8 Å². The van der Waals surface area contributed by atoms with Crippen LogP contribution < -0.4 is 5.32 Å². The Morgan fingerprint density at radius 1 is 0.346 bits per heavy atom. The molecule has 0 saturated carbocycles. The van der Waals surface area contributed by atoms with E-state index in [0.717, 1.165) is 57.8 Å². The minimum atomic E-state index is -0.662. The molecule has 0 aromatic carbocycles. The summed E-state index contributed by atoms with van der Waals surface area (Å²) in [5.74, 6) is -0.0278. The molecule has 6 heteroatoms. The van der Waals surface area contributed by atoms with Crippen molar-refractivity contribution in [3.8, 4) is 0 Å². The van der Waals surface area contributed by atoms with Gasteiger partial charge in [0.25, 0.3) is 0 Å². The summed E-state index contributed by atoms with van der Waals surface area (Å²) in [5, 5.41) is 23.3. The second-order valence-electron chi connectivity index (χ2n) is 24.9. The van der Waals surface area contributed by atoms with Crippen LogP contribution in [0.4, 0.5) is 0 Å². The quantitative estimate of drug-likeness (QED) is 0.0320. The second kappa shape index (κ2) is 70.3. The molecule has 0 heterocycles. The van der Waals surface area contributed by atoms with Gasteiger partial charge in [-0.1, -0.05) is 339 Å². The lowest BCUT2D eigenvalue weighted by Gasteiger charge is -2.22. The molecule has 81 heavy (non-hydrogen) atoms. The highest BCUT2D eigenvalue weighted by Crippen LogP contribution is 2.18. The van der Waals surface area contributed by atoms with Gasteiger partial charge in [0.1, 0.15) is 0 Å². The molecule has 476 valence electrons. The number of rotatable bonds is 68. The van der Waals surface area contributed by atoms with Gasteiger partial charge in [-0.15, -0.1) is 0 Å². The molecule has 0 fully saturated rings. The number of allylic oxidation sites excluding steroid dienone is 8. The van der Waals surface area contributed by atoms with Crippen LogP contribution in [0.2, 0.25) is 0 Å². The molecule has 0 rings (SSSR count). The van der Waals surface area contributed by atoms with Gasteiger partial charge in [0.15, 0.2) is 0 Å². The van der Waals surface area contributed by atoms with Crippen molar-refractivity contribution in [1.29, 1.82) is 0 Å². The largest absolute Gasteiger partial charge is 0.466 e. The molecule has 0 radical (unpaired) electrons. The van der Waals surface area contributed by atoms with Crippen LogP contribution in [0.1, 0.15) is 393 Å². The van der Waals surface area contributed by atoms with Crippen molar-refractivity contribution < 1.29 is 24.5 Å². The average molecular weight is 1140 g/mol. The zero-order valence-electron chi connectivity index (χ0n) is 54.5. The lowest BCUT2D eigenvalue weighted by molar-refractivity contribution is -0.143. The van der Waals surface area contributed by atoms with Crippen molar-refractivity contribution in [2.45, 2.75) is 405 Å². The minimum Gasteiger partial charge on any atom is -0.466 e. The van der Waals surface area contributed by atoms with Gasteiger partial charge in [0.2, 0.25) is 5.91 Å². The topological polar surface area (TPSA) is 95.9 Å². The number of aliphatic hydroxyl groups is 2. The predicted molar refractivity (Wildman–Crippen MR) is 356 cm³/mol. The Labute approximate surface area is 506 Å². The van der Waals surface area contributed by atoms with E-state index < -0.39 is 12.1 Å². The van der Waals surface area contributed by atoms with Crippen molar-refractivity contribution in [2.75, 3.05) is 13.2 Å². The number of hydrogen-bond acceptors (Lipinski definition) is 5. The van der Waals surface area contributed by atoms with Crippen LogP contribution in [-0.2, 0) is 14.3 Å². The standard InChI is InChI=1S/C75H141NO5/c1-3-5-7-9-11-13-15-17-18-41-45-49-53-57-61-65-69-75(80)81-70-66-62-58-54-50-46-42-39-37-35-33-31-29-27-25-23-21-19-20-22-24-26-28-30-32-34-36-38-40-44-48-52-56-60-64-68-74(79)76-72(71-77)73(78)67-63-59-55-51-47-43-16-14-12-10-8-6-4-2/h13,15,18,21,23,27,29,41,72-73,77-78H,3-12,14,16-17,19-20,22,24-26,28,30-40,42-71H2,1-2H3,(H,76,79)/b15-13-,23-21-,29-27-,41-18-. The molecule has 0 aromatic heterocycles. The molecule has 1 amide bonds. The number of carbonyl (C=O) groups is 2. The summed E-state index contributed by atoms with van der Waals surface area (Å²) in [4.78, 5) is 24.6. The van der Waals surface area contributed by atoms with Gasteiger partial charge in [-0.05, 0) is 89.9 Å². The number of esters is 1. The molecular formula is C75H141NO5. The molecule has 0 aliphatic heterocycles. The fourth-order valence-corrected chi connectivity index (χ4v) is 11.3. The fourth-order valence-electron chi connectivity index (χ4n) is 11.3. The minimum absolute atomic E-state index is 0.00339. The molecule has 0 aliphatic carbocycles. The Morgan fingerprint density at radius 3 is 0.951 bits per heavy atom. The Hall–Kier alpha value is -2.18. The van der Waals surface area contributed by atoms with Gasteiger partial charge < -0.3 is 20.3 Å². The number of amides is 1. The first-order valence-electron chi connectivity index (χ1n) is 36.4. The average Bonchev–Trinajstić information content (AvgIpc) is 3.47. The van der Waals surface area contributed by atoms with Crippen LogP contribution in [0.25, 0.3) is 0 Å². The molecular weight excluding hydrogens is 995 g/mol. The van der Waals surface area contributed by atoms with Crippen molar-refractivity contribution in [3.05, 3.63) is 48.6 Å². The van der Waals surface area contributed by atoms with Crippen molar-refractivity contribution in [2.24, 2.45) is 0 Å². The lowest BCUT2D eigenvalue weighted by atomic mass is 10.0. The van der Waals surface area contributed by atoms with Gasteiger partial charge in [-0.3, -0.25) is 9.59 Å². The van der Waals surface area contributed by atoms with Crippen molar-refractivity contribution >= 4 is 11.9 Å². The molecule has 2 atom stereocenters. The van der Waals surface area contributed by atoms with E-state index in [2.05, 4.69) is 67.8 Å². The summed E-state index contributed by atoms with van der Waals surface area (Å²) < 4.78 is 5.49. The van der Waals surface area contributed by atoms with Crippen LogP contribution in [0.5, 0.6) is 0 Å². The Kier molecular flexibility index (Phi) is 68.4. The maximum absolute atomic E-state index is 12.5. The number of aliphatic hydroxyl groups excluding tert-OH is 2. The fraction of sp³-hybridized carbons (Fsp3) is 0.867. The van der Waals surface area contributed by atoms with E-state index in [0.29, 0.717) is 25.9 Å². The van der Waals surface area contributed by atoms with E-state index in [9.17, 15) is 19.8 Å². The maximum atomic E-state index is 12.5. The number of unbranched alkanes of at least 4 members (excludes halogenated alkanes) is 49. The highest BCUT2D eigenvalue weighted by Gasteiger charge is 2.20. The first-order chi connectivity index (χ1) is 40.0. The molecule has 3 N–H and O–H groups in total. The van der Waals surface area contributed by atoms with Crippen molar-refractivity contribution in [3.63, 3.8) is 0 Å². The van der Waals surface area contributed by atoms with E-state index in [1.807, 2.05) is 0 Å². The summed E-state index contributed by atoms with van der Waals surface area (Å²) >= 11 is 0. The molecule has 0 spiro atoms. The van der Waals surface area contributed by atoms with Gasteiger partial charge in [0.05, 0.1) is 25.4 Å². The third-order valence-electron chi connectivity index (χ3n) is 16.9. The molecule has 0 aromatic rings. The zero-order chi connectivity index (χ0) is 58.5. The number of ether oxygens (including phenoxy) is 1. The number of hydrogen-bond donors (Lipinski definition) is 3. The van der Waals surface area contributed by atoms with Gasteiger partial charge in [-0.25, -0.2) is 0 Å². The molecule has 0 saturated heterocycles. The van der Waals surface area contributed by atoms with Crippen molar-refractivity contribution in [1.82, 2.24) is 5.32 Å². The van der Waals surface area contributed by atoms with E-state index in [1.165, 1.54) is 302 Å². The summed E-state index contributed by atoms with van der Waals surface area (Å²) in [7, 11) is 0. The van der Waals surface area contributed by atoms with Gasteiger partial charge >= 0.3 is 5.97 Å². The van der Waals surface area contributed by atoms with Crippen LogP contribution in [-0.4, -0.2) is 47.4 Å². The third kappa shape index (κ3) is 66.8.